The summed E-state index contributed by atoms with van der Waals surface area (Å²) in [5.41, 5.74) is 2.66. The Morgan fingerprint density at radius 3 is 2.38 bits per heavy atom. The Morgan fingerprint density at radius 2 is 1.74 bits per heavy atom. The number of carbonyl (C=O) groups is 1. The molecular weight excluding hydrogens is 616 g/mol. The van der Waals surface area contributed by atoms with E-state index in [1.54, 1.807) is 12.3 Å². The second-order valence-electron chi connectivity index (χ2n) is 11.4. The molecule has 2 aliphatic heterocycles. The molecule has 0 aliphatic carbocycles. The highest BCUT2D eigenvalue weighted by atomic mass is 32.2. The van der Waals surface area contributed by atoms with Crippen molar-refractivity contribution in [2.75, 3.05) is 49.1 Å². The average Bonchev–Trinajstić information content (AvgIpc) is 3.36. The van der Waals surface area contributed by atoms with Gasteiger partial charge in [-0.2, -0.15) is 18.0 Å². The molecule has 0 spiro atoms. The first kappa shape index (κ1) is 32.0. The second-order valence-corrected chi connectivity index (χ2v) is 13.1. The summed E-state index contributed by atoms with van der Waals surface area (Å²) < 4.78 is 41.1. The molecule has 6 rings (SSSR count). The molecule has 0 bridgehead atoms. The molecule has 2 aliphatic rings. The van der Waals surface area contributed by atoms with Crippen LogP contribution in [0.5, 0.6) is 11.5 Å². The summed E-state index contributed by atoms with van der Waals surface area (Å²) >= 11 is 0. The summed E-state index contributed by atoms with van der Waals surface area (Å²) in [6, 6.07) is 19.4. The molecular formula is C35H36N6O5S. The predicted octanol–water partition coefficient (Wildman–Crippen LogP) is 4.43. The van der Waals surface area contributed by atoms with Crippen LogP contribution in [0.2, 0.25) is 0 Å². The van der Waals surface area contributed by atoms with Gasteiger partial charge >= 0.3 is 0 Å². The van der Waals surface area contributed by atoms with Crippen LogP contribution in [-0.4, -0.2) is 69.1 Å². The van der Waals surface area contributed by atoms with Gasteiger partial charge in [-0.25, -0.2) is 4.98 Å². The van der Waals surface area contributed by atoms with E-state index in [1.165, 1.54) is 37.6 Å². The molecule has 0 radical (unpaired) electrons. The minimum atomic E-state index is -4.51. The molecule has 1 amide bonds. The minimum Gasteiger partial charge on any atom is -0.495 e. The lowest BCUT2D eigenvalue weighted by Crippen LogP contribution is -2.60. The zero-order valence-corrected chi connectivity index (χ0v) is 27.6. The van der Waals surface area contributed by atoms with Gasteiger partial charge in [0, 0.05) is 54.9 Å². The Labute approximate surface area is 275 Å². The molecule has 2 aromatic heterocycles. The molecule has 1 unspecified atom stereocenters. The third kappa shape index (κ3) is 5.35. The van der Waals surface area contributed by atoms with Crippen molar-refractivity contribution in [3.8, 4) is 17.6 Å². The number of carbonyl (C=O) groups excluding carboxylic acids is 1. The van der Waals surface area contributed by atoms with Crippen LogP contribution in [0.1, 0.15) is 41.8 Å². The zero-order valence-electron chi connectivity index (χ0n) is 26.8. The number of aryl methyl sites for hydroxylation is 2. The summed E-state index contributed by atoms with van der Waals surface area (Å²) in [6.45, 7) is 8.13. The van der Waals surface area contributed by atoms with Crippen molar-refractivity contribution in [2.45, 2.75) is 37.8 Å². The van der Waals surface area contributed by atoms with Crippen molar-refractivity contribution < 1.29 is 22.7 Å². The maximum Gasteiger partial charge on any atom is 0.288 e. The van der Waals surface area contributed by atoms with Gasteiger partial charge in [-0.05, 0) is 80.4 Å². The van der Waals surface area contributed by atoms with Gasteiger partial charge in [-0.3, -0.25) is 14.7 Å². The van der Waals surface area contributed by atoms with Gasteiger partial charge in [0.15, 0.2) is 10.6 Å². The van der Waals surface area contributed by atoms with Gasteiger partial charge in [0.1, 0.15) is 11.5 Å². The number of rotatable bonds is 9. The SMILES string of the molecule is CCOc1ccc(CC)cc1C1(N2CCN(c3ccnc(C)c3)CC2)C(=O)N(S(=O)(=O)c2ccc(OC)cn2)c2ccc(C#N)cc21. The van der Waals surface area contributed by atoms with Crippen LogP contribution in [0, 0.1) is 18.3 Å². The number of pyridine rings is 2. The van der Waals surface area contributed by atoms with Crippen molar-refractivity contribution >= 4 is 27.3 Å². The van der Waals surface area contributed by atoms with Crippen LogP contribution in [0.4, 0.5) is 11.4 Å². The number of hydrogen-bond acceptors (Lipinski definition) is 10. The molecule has 1 atom stereocenters. The van der Waals surface area contributed by atoms with Gasteiger partial charge in [0.25, 0.3) is 15.9 Å². The minimum absolute atomic E-state index is 0.170. The average molecular weight is 653 g/mol. The van der Waals surface area contributed by atoms with Gasteiger partial charge < -0.3 is 14.4 Å². The largest absolute Gasteiger partial charge is 0.495 e. The van der Waals surface area contributed by atoms with Gasteiger partial charge in [-0.1, -0.05) is 13.0 Å². The molecule has 2 aromatic carbocycles. The number of methoxy groups -OCH3 is 1. The predicted molar refractivity (Wildman–Crippen MR) is 177 cm³/mol. The smallest absolute Gasteiger partial charge is 0.288 e. The highest BCUT2D eigenvalue weighted by molar-refractivity contribution is 7.93. The van der Waals surface area contributed by atoms with Crippen LogP contribution in [0.25, 0.3) is 0 Å². The summed E-state index contributed by atoms with van der Waals surface area (Å²) in [5, 5.41) is 9.70. The lowest BCUT2D eigenvalue weighted by molar-refractivity contribution is -0.127. The summed E-state index contributed by atoms with van der Waals surface area (Å²) in [5.74, 6) is 0.174. The molecule has 47 heavy (non-hydrogen) atoms. The van der Waals surface area contributed by atoms with Crippen LogP contribution >= 0.6 is 0 Å². The number of nitrogens with zero attached hydrogens (tertiary/aromatic N) is 6. The van der Waals surface area contributed by atoms with E-state index in [2.05, 4.69) is 20.9 Å². The van der Waals surface area contributed by atoms with Gasteiger partial charge in [0.05, 0.1) is 37.2 Å². The monoisotopic (exact) mass is 652 g/mol. The maximum absolute atomic E-state index is 15.4. The van der Waals surface area contributed by atoms with Crippen LogP contribution in [0.3, 0.4) is 0 Å². The fraction of sp³-hybridized carbons (Fsp3) is 0.314. The molecule has 0 N–H and O–H groups in total. The Kier molecular flexibility index (Phi) is 8.61. The van der Waals surface area contributed by atoms with E-state index in [0.29, 0.717) is 67.4 Å². The summed E-state index contributed by atoms with van der Waals surface area (Å²) in [6.07, 6.45) is 3.76. The normalized spacial score (nSPS) is 18.1. The first-order valence-electron chi connectivity index (χ1n) is 15.5. The fourth-order valence-corrected chi connectivity index (χ4v) is 7.92. The highest BCUT2D eigenvalue weighted by Gasteiger charge is 2.61. The molecule has 4 heterocycles. The maximum atomic E-state index is 15.4. The summed E-state index contributed by atoms with van der Waals surface area (Å²) in [4.78, 5) is 28.1. The van der Waals surface area contributed by atoms with E-state index < -0.39 is 21.5 Å². The number of nitriles is 1. The number of amides is 1. The molecule has 4 aromatic rings. The number of sulfonamides is 1. The third-order valence-corrected chi connectivity index (χ3v) is 10.4. The Hall–Kier alpha value is -4.99. The van der Waals surface area contributed by atoms with Gasteiger partial charge in [0.2, 0.25) is 0 Å². The van der Waals surface area contributed by atoms with Crippen LogP contribution in [0.15, 0.2) is 78.1 Å². The van der Waals surface area contributed by atoms with E-state index in [0.717, 1.165) is 21.2 Å². The number of ether oxygens (including phenoxy) is 2. The van der Waals surface area contributed by atoms with Crippen molar-refractivity contribution in [2.24, 2.45) is 0 Å². The number of anilines is 2. The first-order chi connectivity index (χ1) is 22.7. The molecule has 1 saturated heterocycles. The molecule has 0 saturated carbocycles. The number of hydrogen-bond donors (Lipinski definition) is 0. The van der Waals surface area contributed by atoms with E-state index in [1.807, 2.05) is 56.0 Å². The summed E-state index contributed by atoms with van der Waals surface area (Å²) in [7, 11) is -3.05. The quantitative estimate of drug-likeness (QED) is 0.256. The fourth-order valence-electron chi connectivity index (χ4n) is 6.54. The third-order valence-electron chi connectivity index (χ3n) is 8.82. The number of piperazine rings is 1. The Balaban J connectivity index is 1.58. The van der Waals surface area contributed by atoms with Crippen molar-refractivity contribution in [3.63, 3.8) is 0 Å². The van der Waals surface area contributed by atoms with E-state index in [4.69, 9.17) is 9.47 Å². The molecule has 242 valence electrons. The topological polar surface area (TPSA) is 129 Å². The zero-order chi connectivity index (χ0) is 33.3. The number of aromatic nitrogens is 2. The van der Waals surface area contributed by atoms with E-state index >= 15 is 4.79 Å². The lowest BCUT2D eigenvalue weighted by Gasteiger charge is -2.46. The lowest BCUT2D eigenvalue weighted by atomic mass is 9.79. The molecule has 12 heteroatoms. The van der Waals surface area contributed by atoms with Crippen LogP contribution < -0.4 is 18.7 Å². The molecule has 11 nitrogen and oxygen atoms in total. The van der Waals surface area contributed by atoms with Crippen molar-refractivity contribution in [1.82, 2.24) is 14.9 Å². The van der Waals surface area contributed by atoms with Gasteiger partial charge in [-0.15, -0.1) is 0 Å². The van der Waals surface area contributed by atoms with Crippen LogP contribution in [-0.2, 0) is 26.8 Å². The highest BCUT2D eigenvalue weighted by Crippen LogP contribution is 2.53. The first-order valence-corrected chi connectivity index (χ1v) is 17.0. The Bertz CT molecular complexity index is 1970. The Morgan fingerprint density at radius 1 is 0.957 bits per heavy atom. The van der Waals surface area contributed by atoms with E-state index in [9.17, 15) is 13.7 Å². The number of fused-ring (bicyclic) bond motifs is 1. The molecule has 1 fully saturated rings. The second kappa shape index (κ2) is 12.7. The standard InChI is InChI=1S/C35H36N6O5S/c1-5-25-8-11-32(46-6-2)30(20-25)35(40-17-15-39(16-18-40)27-13-14-37-24(3)19-27)29-21-26(22-36)7-10-31(29)41(34(35)42)47(43,44)33-12-9-28(45-4)23-38-33/h7-14,19-21,23H,5-6,15-18H2,1-4H3. The van der Waals surface area contributed by atoms with E-state index in [-0.39, 0.29) is 10.7 Å². The van der Waals surface area contributed by atoms with Crippen molar-refractivity contribution in [1.29, 1.82) is 5.26 Å². The number of benzene rings is 2. The van der Waals surface area contributed by atoms with Crippen molar-refractivity contribution in [3.05, 3.63) is 101 Å².